The predicted molar refractivity (Wildman–Crippen MR) is 96.8 cm³/mol. The number of ether oxygens (including phenoxy) is 2. The van der Waals surface area contributed by atoms with Crippen LogP contribution in [0.3, 0.4) is 0 Å². The summed E-state index contributed by atoms with van der Waals surface area (Å²) in [6.45, 7) is -0.645. The van der Waals surface area contributed by atoms with Crippen molar-refractivity contribution in [3.63, 3.8) is 0 Å². The first-order valence-corrected chi connectivity index (χ1v) is 9.39. The van der Waals surface area contributed by atoms with Crippen LogP contribution in [0.15, 0.2) is 70.6 Å². The summed E-state index contributed by atoms with van der Waals surface area (Å²) in [4.78, 5) is 24.5. The number of nitrogens with zero attached hydrogens (tertiary/aromatic N) is 2. The number of hydrogen-bond acceptors (Lipinski definition) is 6. The Morgan fingerprint density at radius 3 is 2.39 bits per heavy atom. The standard InChI is InChI=1S/C18H15FN2O6S/c1-26-13-6-8-14(9-7-13)28(24,25)21-11-10-20(18(21)23)17(22)12-27-16-5-3-2-4-15(16)19/h2-11H,12H2,1H3. The van der Waals surface area contributed by atoms with Crippen molar-refractivity contribution in [2.75, 3.05) is 13.7 Å². The fourth-order valence-electron chi connectivity index (χ4n) is 2.37. The topological polar surface area (TPSA) is 96.6 Å². The summed E-state index contributed by atoms with van der Waals surface area (Å²) < 4.78 is 49.8. The smallest absolute Gasteiger partial charge is 0.349 e. The van der Waals surface area contributed by atoms with E-state index in [2.05, 4.69) is 0 Å². The van der Waals surface area contributed by atoms with Gasteiger partial charge >= 0.3 is 5.69 Å². The third-order valence-corrected chi connectivity index (χ3v) is 5.48. The van der Waals surface area contributed by atoms with Gasteiger partial charge in [0.2, 0.25) is 0 Å². The molecule has 0 saturated heterocycles. The Kier molecular flexibility index (Phi) is 5.32. The van der Waals surface area contributed by atoms with Crippen LogP contribution >= 0.6 is 0 Å². The molecule has 28 heavy (non-hydrogen) atoms. The van der Waals surface area contributed by atoms with Crippen LogP contribution in [-0.4, -0.2) is 36.6 Å². The summed E-state index contributed by atoms with van der Waals surface area (Å²) in [6, 6.07) is 10.9. The second-order valence-electron chi connectivity index (χ2n) is 5.54. The molecular formula is C18H15FN2O6S. The predicted octanol–water partition coefficient (Wildman–Crippen LogP) is 1.75. The van der Waals surface area contributed by atoms with Crippen LogP contribution in [0.25, 0.3) is 0 Å². The minimum Gasteiger partial charge on any atom is -0.497 e. The summed E-state index contributed by atoms with van der Waals surface area (Å²) >= 11 is 0. The summed E-state index contributed by atoms with van der Waals surface area (Å²) in [5, 5.41) is 0. The van der Waals surface area contributed by atoms with Gasteiger partial charge < -0.3 is 9.47 Å². The summed E-state index contributed by atoms with van der Waals surface area (Å²) in [5.74, 6) is -1.22. The molecule has 3 aromatic rings. The zero-order chi connectivity index (χ0) is 20.3. The Morgan fingerprint density at radius 1 is 1.07 bits per heavy atom. The van der Waals surface area contributed by atoms with Crippen LogP contribution in [-0.2, 0) is 10.0 Å². The zero-order valence-electron chi connectivity index (χ0n) is 14.6. The van der Waals surface area contributed by atoms with E-state index in [9.17, 15) is 22.4 Å². The van der Waals surface area contributed by atoms with Crippen molar-refractivity contribution >= 4 is 15.9 Å². The Morgan fingerprint density at radius 2 is 1.75 bits per heavy atom. The highest BCUT2D eigenvalue weighted by atomic mass is 32.2. The van der Waals surface area contributed by atoms with Gasteiger partial charge in [-0.1, -0.05) is 12.1 Å². The van der Waals surface area contributed by atoms with E-state index in [-0.39, 0.29) is 10.6 Å². The van der Waals surface area contributed by atoms with E-state index in [1.165, 1.54) is 49.6 Å². The molecule has 0 atom stereocenters. The lowest BCUT2D eigenvalue weighted by Crippen LogP contribution is -2.34. The number of methoxy groups -OCH3 is 1. The number of rotatable bonds is 6. The third kappa shape index (κ3) is 3.67. The average molecular weight is 406 g/mol. The number of para-hydroxylation sites is 1. The highest BCUT2D eigenvalue weighted by Crippen LogP contribution is 2.17. The van der Waals surface area contributed by atoms with E-state index in [0.717, 1.165) is 18.5 Å². The van der Waals surface area contributed by atoms with Gasteiger partial charge in [-0.25, -0.2) is 22.2 Å². The Balaban J connectivity index is 1.83. The van der Waals surface area contributed by atoms with Crippen molar-refractivity contribution in [2.24, 2.45) is 0 Å². The highest BCUT2D eigenvalue weighted by molar-refractivity contribution is 7.90. The molecule has 146 valence electrons. The van der Waals surface area contributed by atoms with Crippen molar-refractivity contribution in [3.05, 3.63) is 77.2 Å². The maximum atomic E-state index is 13.5. The molecule has 0 N–H and O–H groups in total. The number of halogens is 1. The van der Waals surface area contributed by atoms with Crippen LogP contribution in [0.5, 0.6) is 11.5 Å². The first kappa shape index (κ1) is 19.4. The SMILES string of the molecule is COc1ccc(S(=O)(=O)n2ccn(C(=O)COc3ccccc3F)c2=O)cc1. The molecule has 0 unspecified atom stereocenters. The lowest BCUT2D eigenvalue weighted by Gasteiger charge is -2.07. The number of carbonyl (C=O) groups excluding carboxylic acids is 1. The number of aromatic nitrogens is 2. The molecule has 8 nitrogen and oxygen atoms in total. The molecule has 3 rings (SSSR count). The largest absolute Gasteiger partial charge is 0.497 e. The molecule has 1 heterocycles. The quantitative estimate of drug-likeness (QED) is 0.619. The lowest BCUT2D eigenvalue weighted by molar-refractivity contribution is 0.0830. The molecule has 0 aliphatic rings. The van der Waals surface area contributed by atoms with Gasteiger partial charge in [0.15, 0.2) is 18.2 Å². The normalized spacial score (nSPS) is 11.2. The number of carbonyl (C=O) groups is 1. The summed E-state index contributed by atoms with van der Waals surface area (Å²) in [6.07, 6.45) is 1.97. The van der Waals surface area contributed by atoms with Gasteiger partial charge in [-0.3, -0.25) is 4.79 Å². The van der Waals surface area contributed by atoms with E-state index in [1.807, 2.05) is 0 Å². The molecule has 2 aromatic carbocycles. The summed E-state index contributed by atoms with van der Waals surface area (Å²) in [7, 11) is -2.77. The third-order valence-electron chi connectivity index (χ3n) is 3.82. The molecular weight excluding hydrogens is 391 g/mol. The molecule has 1 aromatic heterocycles. The maximum absolute atomic E-state index is 13.5. The van der Waals surface area contributed by atoms with E-state index >= 15 is 0 Å². The Bertz CT molecular complexity index is 1170. The Hall–Kier alpha value is -3.40. The van der Waals surface area contributed by atoms with Crippen molar-refractivity contribution in [1.29, 1.82) is 0 Å². The molecule has 0 saturated carbocycles. The van der Waals surface area contributed by atoms with Crippen LogP contribution in [0, 0.1) is 5.82 Å². The number of imidazole rings is 1. The zero-order valence-corrected chi connectivity index (χ0v) is 15.4. The lowest BCUT2D eigenvalue weighted by atomic mass is 10.3. The molecule has 0 aliphatic heterocycles. The first-order valence-electron chi connectivity index (χ1n) is 7.95. The van der Waals surface area contributed by atoms with Crippen molar-refractivity contribution in [3.8, 4) is 11.5 Å². The van der Waals surface area contributed by atoms with Gasteiger partial charge in [-0.05, 0) is 36.4 Å². The van der Waals surface area contributed by atoms with Gasteiger partial charge in [-0.15, -0.1) is 0 Å². The average Bonchev–Trinajstić information content (AvgIpc) is 3.09. The number of hydrogen-bond donors (Lipinski definition) is 0. The van der Waals surface area contributed by atoms with E-state index in [4.69, 9.17) is 9.47 Å². The summed E-state index contributed by atoms with van der Waals surface area (Å²) in [5.41, 5.74) is -1.09. The second kappa shape index (κ2) is 7.69. The molecule has 0 amide bonds. The van der Waals surface area contributed by atoms with Crippen LogP contribution in [0.2, 0.25) is 0 Å². The molecule has 0 aliphatic carbocycles. The van der Waals surface area contributed by atoms with E-state index in [0.29, 0.717) is 14.3 Å². The molecule has 0 radical (unpaired) electrons. The van der Waals surface area contributed by atoms with Crippen LogP contribution in [0.1, 0.15) is 4.79 Å². The van der Waals surface area contributed by atoms with Crippen molar-refractivity contribution in [1.82, 2.24) is 8.54 Å². The van der Waals surface area contributed by atoms with Gasteiger partial charge in [0, 0.05) is 12.4 Å². The minimum absolute atomic E-state index is 0.150. The van der Waals surface area contributed by atoms with Crippen molar-refractivity contribution in [2.45, 2.75) is 4.90 Å². The fraction of sp³-hybridized carbons (Fsp3) is 0.111. The van der Waals surface area contributed by atoms with E-state index in [1.54, 1.807) is 0 Å². The monoisotopic (exact) mass is 406 g/mol. The van der Waals surface area contributed by atoms with Gasteiger partial charge in [0.05, 0.1) is 12.0 Å². The molecule has 10 heteroatoms. The number of benzene rings is 2. The van der Waals surface area contributed by atoms with Gasteiger partial charge in [0.25, 0.3) is 15.9 Å². The van der Waals surface area contributed by atoms with Gasteiger partial charge in [0.1, 0.15) is 5.75 Å². The fourth-order valence-corrected chi connectivity index (χ4v) is 3.58. The minimum atomic E-state index is -4.21. The highest BCUT2D eigenvalue weighted by Gasteiger charge is 2.22. The maximum Gasteiger partial charge on any atom is 0.349 e. The molecule has 0 spiro atoms. The van der Waals surface area contributed by atoms with Gasteiger partial charge in [-0.2, -0.15) is 3.97 Å². The first-order chi connectivity index (χ1) is 13.3. The van der Waals surface area contributed by atoms with E-state index < -0.39 is 34.0 Å². The van der Waals surface area contributed by atoms with Crippen LogP contribution < -0.4 is 15.2 Å². The van der Waals surface area contributed by atoms with Crippen LogP contribution in [0.4, 0.5) is 4.39 Å². The van der Waals surface area contributed by atoms with Crippen molar-refractivity contribution < 1.29 is 27.1 Å². The Labute approximate surface area is 159 Å². The second-order valence-corrected chi connectivity index (χ2v) is 7.35. The molecule has 0 fully saturated rings. The molecule has 0 bridgehead atoms.